The number of fused-ring (bicyclic) bond motifs is 1. The minimum absolute atomic E-state index is 0.0232. The number of azide groups is 1. The highest BCUT2D eigenvalue weighted by molar-refractivity contribution is 8.76. The first kappa shape index (κ1) is 42.0. The van der Waals surface area contributed by atoms with Gasteiger partial charge in [0.15, 0.2) is 0 Å². The fraction of sp³-hybridized carbons (Fsp3) is 0.862. The molecule has 0 aromatic carbocycles. The van der Waals surface area contributed by atoms with Crippen molar-refractivity contribution in [1.29, 1.82) is 0 Å². The standard InChI is InChI=1S/C29H52N8O8S3/c30-37-34-9-3-8-31-27(40)7-20-47-48-21-11-33-26(39)6-12-42-14-16-44-18-19-45-17-15-43-13-10-32-25(38)5-2-1-4-24-28-23(22-46-24)35-29(41)36-28/h23-24,28H,1-22H2,(H,31,40)(H,32,38)(H,33,39)(H2,35,36,41)/t23-,24-,28-/m0/s1. The van der Waals surface area contributed by atoms with Crippen LogP contribution in [0.5, 0.6) is 0 Å². The van der Waals surface area contributed by atoms with Crippen LogP contribution in [0, 0.1) is 0 Å². The van der Waals surface area contributed by atoms with Crippen LogP contribution in [0.4, 0.5) is 4.79 Å². The highest BCUT2D eigenvalue weighted by atomic mass is 33.1. The lowest BCUT2D eigenvalue weighted by atomic mass is 10.0. The summed E-state index contributed by atoms with van der Waals surface area (Å²) in [5, 5.41) is 18.3. The molecule has 16 nitrogen and oxygen atoms in total. The van der Waals surface area contributed by atoms with Crippen molar-refractivity contribution in [2.75, 3.05) is 96.3 Å². The summed E-state index contributed by atoms with van der Waals surface area (Å²) >= 11 is 1.89. The van der Waals surface area contributed by atoms with Crippen molar-refractivity contribution in [2.45, 2.75) is 62.3 Å². The minimum atomic E-state index is -0.0675. The topological polar surface area (TPSA) is 214 Å². The maximum Gasteiger partial charge on any atom is 0.315 e. The molecule has 0 unspecified atom stereocenters. The SMILES string of the molecule is [N-]=[N+]=NCCCNC(=O)CCSSCCNC(=O)CCOCCOCCOCCOCCNC(=O)CCCC[C@@H]1SC[C@@H]2NC(=O)N[C@@H]21. The van der Waals surface area contributed by atoms with E-state index < -0.39 is 0 Å². The number of nitrogens with zero attached hydrogens (tertiary/aromatic N) is 3. The second kappa shape index (κ2) is 28.7. The summed E-state index contributed by atoms with van der Waals surface area (Å²) in [6.45, 7) is 5.22. The molecule has 3 atom stereocenters. The van der Waals surface area contributed by atoms with Crippen molar-refractivity contribution in [1.82, 2.24) is 26.6 Å². The van der Waals surface area contributed by atoms with Crippen LogP contribution >= 0.6 is 33.3 Å². The van der Waals surface area contributed by atoms with E-state index >= 15 is 0 Å². The number of unbranched alkanes of at least 4 members (excludes halogenated alkanes) is 1. The number of carbonyl (C=O) groups is 4. The Kier molecular flexibility index (Phi) is 25.1. The van der Waals surface area contributed by atoms with Crippen molar-refractivity contribution in [2.24, 2.45) is 5.11 Å². The van der Waals surface area contributed by atoms with Crippen LogP contribution in [0.3, 0.4) is 0 Å². The third-order valence-electron chi connectivity index (χ3n) is 7.06. The van der Waals surface area contributed by atoms with Gasteiger partial charge in [-0.05, 0) is 24.8 Å². The van der Waals surface area contributed by atoms with Crippen LogP contribution in [0.15, 0.2) is 5.11 Å². The van der Waals surface area contributed by atoms with Crippen molar-refractivity contribution >= 4 is 57.1 Å². The van der Waals surface area contributed by atoms with Crippen molar-refractivity contribution in [3.05, 3.63) is 10.4 Å². The molecule has 2 aliphatic heterocycles. The van der Waals surface area contributed by atoms with Gasteiger partial charge in [-0.15, -0.1) is 0 Å². The molecule has 2 heterocycles. The van der Waals surface area contributed by atoms with E-state index in [2.05, 4.69) is 36.6 Å². The second-order valence-electron chi connectivity index (χ2n) is 10.8. The van der Waals surface area contributed by atoms with Gasteiger partial charge in [0, 0.05) is 72.9 Å². The Morgan fingerprint density at radius 2 is 1.40 bits per heavy atom. The van der Waals surface area contributed by atoms with E-state index in [0.717, 1.165) is 30.8 Å². The molecular formula is C29H52N8O8S3. The average molecular weight is 737 g/mol. The predicted molar refractivity (Wildman–Crippen MR) is 189 cm³/mol. The highest BCUT2D eigenvalue weighted by Crippen LogP contribution is 2.33. The van der Waals surface area contributed by atoms with E-state index in [0.29, 0.717) is 109 Å². The normalized spacial score (nSPS) is 18.0. The molecule has 5 amide bonds. The Balaban J connectivity index is 1.22. The Morgan fingerprint density at radius 3 is 2.15 bits per heavy atom. The third kappa shape index (κ3) is 21.8. The van der Waals surface area contributed by atoms with Crippen LogP contribution < -0.4 is 26.6 Å². The fourth-order valence-corrected chi connectivity index (χ4v) is 8.08. The summed E-state index contributed by atoms with van der Waals surface area (Å²) < 4.78 is 21.9. The largest absolute Gasteiger partial charge is 0.379 e. The lowest BCUT2D eigenvalue weighted by molar-refractivity contribution is -0.122. The number of ether oxygens (including phenoxy) is 4. The molecule has 0 radical (unpaired) electrons. The van der Waals surface area contributed by atoms with E-state index in [1.165, 1.54) is 0 Å². The lowest BCUT2D eigenvalue weighted by Gasteiger charge is -2.16. The molecule has 0 aliphatic carbocycles. The lowest BCUT2D eigenvalue weighted by Crippen LogP contribution is -2.36. The number of urea groups is 1. The Labute approximate surface area is 295 Å². The molecular weight excluding hydrogens is 685 g/mol. The average Bonchev–Trinajstić information content (AvgIpc) is 3.63. The molecule has 48 heavy (non-hydrogen) atoms. The number of nitrogens with one attached hydrogen (secondary N) is 5. The van der Waals surface area contributed by atoms with Gasteiger partial charge < -0.3 is 45.5 Å². The van der Waals surface area contributed by atoms with E-state index in [1.54, 1.807) is 21.6 Å². The molecule has 0 aromatic heterocycles. The van der Waals surface area contributed by atoms with Gasteiger partial charge in [0.25, 0.3) is 0 Å². The molecule has 0 saturated carbocycles. The maximum absolute atomic E-state index is 12.0. The van der Waals surface area contributed by atoms with E-state index in [-0.39, 0.29) is 42.3 Å². The zero-order valence-electron chi connectivity index (χ0n) is 27.6. The first-order valence-corrected chi connectivity index (χ1v) is 20.1. The Hall–Kier alpha value is -2.12. The summed E-state index contributed by atoms with van der Waals surface area (Å²) in [7, 11) is 3.20. The minimum Gasteiger partial charge on any atom is -0.379 e. The molecule has 0 spiro atoms. The molecule has 274 valence electrons. The van der Waals surface area contributed by atoms with Crippen LogP contribution in [0.2, 0.25) is 0 Å². The van der Waals surface area contributed by atoms with E-state index in [9.17, 15) is 19.2 Å². The monoisotopic (exact) mass is 736 g/mol. The maximum atomic E-state index is 12.0. The molecule has 2 fully saturated rings. The quantitative estimate of drug-likeness (QED) is 0.0173. The molecule has 0 bridgehead atoms. The first-order chi connectivity index (χ1) is 23.5. The predicted octanol–water partition coefficient (Wildman–Crippen LogP) is 1.99. The summed E-state index contributed by atoms with van der Waals surface area (Å²) in [4.78, 5) is 49.7. The third-order valence-corrected chi connectivity index (χ3v) is 11.0. The van der Waals surface area contributed by atoms with Gasteiger partial charge in [0.05, 0.1) is 64.9 Å². The number of rotatable bonds is 31. The van der Waals surface area contributed by atoms with Crippen LogP contribution in [-0.4, -0.2) is 137 Å². The first-order valence-electron chi connectivity index (χ1n) is 16.5. The van der Waals surface area contributed by atoms with Crippen LogP contribution in [0.25, 0.3) is 10.4 Å². The highest BCUT2D eigenvalue weighted by Gasteiger charge is 2.42. The summed E-state index contributed by atoms with van der Waals surface area (Å²) in [6, 6.07) is 0.386. The zero-order chi connectivity index (χ0) is 34.5. The van der Waals surface area contributed by atoms with Crippen LogP contribution in [0.1, 0.15) is 44.9 Å². The summed E-state index contributed by atoms with van der Waals surface area (Å²) in [5.41, 5.74) is 8.19. The van der Waals surface area contributed by atoms with Gasteiger partial charge in [-0.3, -0.25) is 14.4 Å². The van der Waals surface area contributed by atoms with Crippen LogP contribution in [-0.2, 0) is 33.3 Å². The summed E-state index contributed by atoms with van der Waals surface area (Å²) in [6.07, 6.45) is 4.63. The fourth-order valence-electron chi connectivity index (χ4n) is 4.64. The van der Waals surface area contributed by atoms with Gasteiger partial charge in [-0.1, -0.05) is 33.1 Å². The van der Waals surface area contributed by atoms with Gasteiger partial charge >= 0.3 is 6.03 Å². The zero-order valence-corrected chi connectivity index (χ0v) is 30.1. The van der Waals surface area contributed by atoms with Gasteiger partial charge in [-0.2, -0.15) is 11.8 Å². The molecule has 2 rings (SSSR count). The summed E-state index contributed by atoms with van der Waals surface area (Å²) in [5.74, 6) is 2.32. The van der Waals surface area contributed by atoms with Gasteiger partial charge in [0.2, 0.25) is 17.7 Å². The Bertz CT molecular complexity index is 983. The van der Waals surface area contributed by atoms with Crippen molar-refractivity contribution in [3.63, 3.8) is 0 Å². The molecule has 2 aliphatic rings. The Morgan fingerprint density at radius 1 is 0.771 bits per heavy atom. The van der Waals surface area contributed by atoms with Crippen molar-refractivity contribution in [3.8, 4) is 0 Å². The molecule has 2 saturated heterocycles. The number of hydrogen-bond donors (Lipinski definition) is 5. The van der Waals surface area contributed by atoms with E-state index in [1.807, 2.05) is 11.8 Å². The van der Waals surface area contributed by atoms with E-state index in [4.69, 9.17) is 24.5 Å². The molecule has 5 N–H and O–H groups in total. The molecule has 0 aromatic rings. The molecule has 19 heteroatoms. The number of thioether (sulfide) groups is 1. The smallest absolute Gasteiger partial charge is 0.315 e. The van der Waals surface area contributed by atoms with Gasteiger partial charge in [-0.25, -0.2) is 4.79 Å². The van der Waals surface area contributed by atoms with Gasteiger partial charge in [0.1, 0.15) is 0 Å². The van der Waals surface area contributed by atoms with Crippen molar-refractivity contribution < 1.29 is 38.1 Å². The number of amides is 5. The number of carbonyl (C=O) groups excluding carboxylic acids is 4. The second-order valence-corrected chi connectivity index (χ2v) is 14.8. The number of hydrogen-bond acceptors (Lipinski definition) is 12.